The number of fused-ring (bicyclic) bond motifs is 1. The second-order valence-corrected chi connectivity index (χ2v) is 6.75. The third-order valence-electron chi connectivity index (χ3n) is 4.92. The highest BCUT2D eigenvalue weighted by Gasteiger charge is 2.17. The first-order chi connectivity index (χ1) is 15.0. The molecule has 0 spiro atoms. The molecule has 0 saturated carbocycles. The lowest BCUT2D eigenvalue weighted by Gasteiger charge is -2.12. The topological polar surface area (TPSA) is 87.9 Å². The van der Waals surface area contributed by atoms with Crippen molar-refractivity contribution in [1.82, 2.24) is 4.98 Å². The van der Waals surface area contributed by atoms with Gasteiger partial charge in [0.05, 0.1) is 25.3 Å². The van der Waals surface area contributed by atoms with E-state index in [9.17, 15) is 9.59 Å². The second-order valence-electron chi connectivity index (χ2n) is 6.75. The van der Waals surface area contributed by atoms with Crippen molar-refractivity contribution in [2.45, 2.75) is 6.92 Å². The van der Waals surface area contributed by atoms with Crippen LogP contribution in [0.3, 0.4) is 0 Å². The van der Waals surface area contributed by atoms with E-state index in [1.165, 1.54) is 19.4 Å². The summed E-state index contributed by atoms with van der Waals surface area (Å²) in [7, 11) is 3.08. The molecule has 0 aliphatic carbocycles. The summed E-state index contributed by atoms with van der Waals surface area (Å²) in [6.07, 6.45) is 2.99. The van der Waals surface area contributed by atoms with Crippen molar-refractivity contribution in [3.8, 4) is 28.4 Å². The summed E-state index contributed by atoms with van der Waals surface area (Å²) < 4.78 is 21.5. The Morgan fingerprint density at radius 1 is 1.00 bits per heavy atom. The summed E-state index contributed by atoms with van der Waals surface area (Å²) >= 11 is 0. The van der Waals surface area contributed by atoms with Gasteiger partial charge in [-0.2, -0.15) is 0 Å². The van der Waals surface area contributed by atoms with Gasteiger partial charge in [0.2, 0.25) is 0 Å². The molecule has 0 aliphatic heterocycles. The van der Waals surface area contributed by atoms with E-state index in [0.717, 1.165) is 10.9 Å². The normalized spacial score (nSPS) is 10.7. The maximum atomic E-state index is 12.8. The van der Waals surface area contributed by atoms with Crippen LogP contribution in [-0.2, 0) is 0 Å². The Labute approximate surface area is 177 Å². The molecule has 0 fully saturated rings. The molecule has 7 nitrogen and oxygen atoms in total. The fourth-order valence-corrected chi connectivity index (χ4v) is 3.37. The van der Waals surface area contributed by atoms with E-state index in [2.05, 4.69) is 4.98 Å². The van der Waals surface area contributed by atoms with Gasteiger partial charge in [0.1, 0.15) is 11.3 Å². The number of hydrogen-bond acceptors (Lipinski definition) is 7. The number of aromatic nitrogens is 1. The highest BCUT2D eigenvalue weighted by molar-refractivity contribution is 5.92. The van der Waals surface area contributed by atoms with Gasteiger partial charge < -0.3 is 18.6 Å². The van der Waals surface area contributed by atoms with Gasteiger partial charge in [0.25, 0.3) is 0 Å². The van der Waals surface area contributed by atoms with Crippen molar-refractivity contribution in [2.75, 3.05) is 14.2 Å². The standard InChI is InChI=1S/C24H19NO6/c1-14-18-8-7-17(30-23(26)16-5-4-10-25-13-16)12-20(18)31-24(27)22(14)15-6-9-19(28-2)21(11-15)29-3/h4-13H,1-3H3. The molecule has 2 aromatic carbocycles. The molecule has 156 valence electrons. The molecular formula is C24H19NO6. The van der Waals surface area contributed by atoms with Crippen LogP contribution in [0.1, 0.15) is 15.9 Å². The van der Waals surface area contributed by atoms with E-state index in [1.807, 2.05) is 6.92 Å². The highest BCUT2D eigenvalue weighted by atomic mass is 16.5. The van der Waals surface area contributed by atoms with Crippen LogP contribution in [0, 0.1) is 6.92 Å². The molecule has 0 aliphatic rings. The third kappa shape index (κ3) is 3.85. The van der Waals surface area contributed by atoms with Gasteiger partial charge >= 0.3 is 11.6 Å². The average molecular weight is 417 g/mol. The van der Waals surface area contributed by atoms with Crippen LogP contribution in [0.4, 0.5) is 0 Å². The number of aryl methyl sites for hydroxylation is 1. The fraction of sp³-hybridized carbons (Fsp3) is 0.125. The Bertz CT molecular complexity index is 1330. The highest BCUT2D eigenvalue weighted by Crippen LogP contribution is 2.34. The van der Waals surface area contributed by atoms with E-state index < -0.39 is 11.6 Å². The molecule has 2 aromatic heterocycles. The van der Waals surface area contributed by atoms with E-state index in [-0.39, 0.29) is 5.75 Å². The van der Waals surface area contributed by atoms with Crippen LogP contribution in [0.2, 0.25) is 0 Å². The Morgan fingerprint density at radius 3 is 2.52 bits per heavy atom. The fourth-order valence-electron chi connectivity index (χ4n) is 3.37. The maximum Gasteiger partial charge on any atom is 0.345 e. The number of methoxy groups -OCH3 is 2. The number of benzene rings is 2. The molecule has 0 bridgehead atoms. The van der Waals surface area contributed by atoms with Gasteiger partial charge in [-0.05, 0) is 54.4 Å². The Hall–Kier alpha value is -4.13. The molecule has 0 atom stereocenters. The summed E-state index contributed by atoms with van der Waals surface area (Å²) in [6.45, 7) is 1.84. The number of rotatable bonds is 5. The number of carbonyl (C=O) groups is 1. The van der Waals surface area contributed by atoms with Crippen LogP contribution >= 0.6 is 0 Å². The summed E-state index contributed by atoms with van der Waals surface area (Å²) in [5.41, 5.74) is 1.95. The molecule has 0 amide bonds. The van der Waals surface area contributed by atoms with Crippen molar-refractivity contribution in [2.24, 2.45) is 0 Å². The predicted molar refractivity (Wildman–Crippen MR) is 115 cm³/mol. The quantitative estimate of drug-likeness (QED) is 0.270. The number of ether oxygens (including phenoxy) is 3. The van der Waals surface area contributed by atoms with E-state index in [4.69, 9.17) is 18.6 Å². The Balaban J connectivity index is 1.74. The molecule has 0 unspecified atom stereocenters. The van der Waals surface area contributed by atoms with Crippen LogP contribution in [-0.4, -0.2) is 25.2 Å². The van der Waals surface area contributed by atoms with Crippen molar-refractivity contribution >= 4 is 16.9 Å². The smallest absolute Gasteiger partial charge is 0.345 e. The predicted octanol–water partition coefficient (Wildman–Crippen LogP) is 4.40. The van der Waals surface area contributed by atoms with Gasteiger partial charge in [-0.3, -0.25) is 4.98 Å². The van der Waals surface area contributed by atoms with E-state index in [1.54, 1.807) is 55.8 Å². The summed E-state index contributed by atoms with van der Waals surface area (Å²) in [6, 6.07) is 13.4. The lowest BCUT2D eigenvalue weighted by Crippen LogP contribution is -2.09. The SMILES string of the molecule is COc1ccc(-c2c(C)c3ccc(OC(=O)c4cccnc4)cc3oc2=O)cc1OC. The minimum Gasteiger partial charge on any atom is -0.493 e. The molecule has 0 saturated heterocycles. The first kappa shape index (κ1) is 20.2. The van der Waals surface area contributed by atoms with Crippen LogP contribution < -0.4 is 19.8 Å². The number of nitrogens with zero attached hydrogens (tertiary/aromatic N) is 1. The minimum atomic E-state index is -0.548. The molecule has 7 heteroatoms. The van der Waals surface area contributed by atoms with Crippen molar-refractivity contribution in [3.63, 3.8) is 0 Å². The summed E-state index contributed by atoms with van der Waals surface area (Å²) in [5.74, 6) is 0.793. The van der Waals surface area contributed by atoms with Crippen LogP contribution in [0.5, 0.6) is 17.2 Å². The lowest BCUT2D eigenvalue weighted by molar-refractivity contribution is 0.0734. The number of carbonyl (C=O) groups excluding carboxylic acids is 1. The molecule has 0 radical (unpaired) electrons. The molecule has 2 heterocycles. The van der Waals surface area contributed by atoms with Crippen LogP contribution in [0.15, 0.2) is 70.1 Å². The largest absolute Gasteiger partial charge is 0.493 e. The van der Waals surface area contributed by atoms with Crippen LogP contribution in [0.25, 0.3) is 22.1 Å². The Morgan fingerprint density at radius 2 is 1.81 bits per heavy atom. The first-order valence-corrected chi connectivity index (χ1v) is 9.44. The number of hydrogen-bond donors (Lipinski definition) is 0. The number of esters is 1. The van der Waals surface area contributed by atoms with Crippen molar-refractivity contribution < 1.29 is 23.4 Å². The zero-order valence-corrected chi connectivity index (χ0v) is 17.2. The first-order valence-electron chi connectivity index (χ1n) is 9.44. The second kappa shape index (κ2) is 8.31. The summed E-state index contributed by atoms with van der Waals surface area (Å²) in [5, 5.41) is 0.727. The van der Waals surface area contributed by atoms with Gasteiger partial charge in [-0.15, -0.1) is 0 Å². The summed E-state index contributed by atoms with van der Waals surface area (Å²) in [4.78, 5) is 29.0. The average Bonchev–Trinajstić information content (AvgIpc) is 2.79. The van der Waals surface area contributed by atoms with Crippen molar-refractivity contribution in [3.05, 3.63) is 82.5 Å². The van der Waals surface area contributed by atoms with E-state index >= 15 is 0 Å². The van der Waals surface area contributed by atoms with E-state index in [0.29, 0.717) is 33.8 Å². The number of pyridine rings is 1. The Kier molecular flexibility index (Phi) is 5.41. The minimum absolute atomic E-state index is 0.266. The zero-order chi connectivity index (χ0) is 22.0. The molecule has 31 heavy (non-hydrogen) atoms. The van der Waals surface area contributed by atoms with Gasteiger partial charge in [0.15, 0.2) is 11.5 Å². The van der Waals surface area contributed by atoms with Gasteiger partial charge in [0, 0.05) is 23.8 Å². The van der Waals surface area contributed by atoms with Crippen molar-refractivity contribution in [1.29, 1.82) is 0 Å². The third-order valence-corrected chi connectivity index (χ3v) is 4.92. The maximum absolute atomic E-state index is 12.8. The molecule has 4 rings (SSSR count). The van der Waals surface area contributed by atoms with Gasteiger partial charge in [-0.25, -0.2) is 9.59 Å². The molecule has 4 aromatic rings. The lowest BCUT2D eigenvalue weighted by atomic mass is 9.99. The van der Waals surface area contributed by atoms with Gasteiger partial charge in [-0.1, -0.05) is 6.07 Å². The monoisotopic (exact) mass is 417 g/mol. The molecular weight excluding hydrogens is 398 g/mol. The molecule has 0 N–H and O–H groups in total. The zero-order valence-electron chi connectivity index (χ0n) is 17.2.